The molecule has 3 aromatic rings. The Labute approximate surface area is 162 Å². The van der Waals surface area contributed by atoms with Crippen LogP contribution in [-0.2, 0) is 6.42 Å². The molecule has 0 bridgehead atoms. The van der Waals surface area contributed by atoms with Crippen LogP contribution in [0.15, 0.2) is 79.4 Å². The van der Waals surface area contributed by atoms with Gasteiger partial charge in [-0.25, -0.2) is 4.39 Å². The molecule has 0 aliphatic rings. The molecule has 27 heavy (non-hydrogen) atoms. The molecule has 0 saturated carbocycles. The molecular formula is C26H29F. The molecule has 0 aromatic heterocycles. The number of halogens is 1. The van der Waals surface area contributed by atoms with Crippen LogP contribution in [0, 0.1) is 0 Å². The average Bonchev–Trinajstić information content (AvgIpc) is 2.72. The summed E-state index contributed by atoms with van der Waals surface area (Å²) in [6.45, 7) is 5.95. The van der Waals surface area contributed by atoms with E-state index in [-0.39, 0.29) is 5.92 Å². The lowest BCUT2D eigenvalue weighted by atomic mass is 9.85. The van der Waals surface area contributed by atoms with E-state index in [9.17, 15) is 0 Å². The SMILES string of the molecule is C=CCCc1ccc(C(CCCC)C(F)c2ccc3ccccc3c2)cc1. The van der Waals surface area contributed by atoms with E-state index in [1.54, 1.807) is 0 Å². The van der Waals surface area contributed by atoms with Gasteiger partial charge in [0.15, 0.2) is 0 Å². The minimum atomic E-state index is -0.986. The minimum absolute atomic E-state index is 0.0976. The number of rotatable bonds is 9. The van der Waals surface area contributed by atoms with Crippen LogP contribution >= 0.6 is 0 Å². The van der Waals surface area contributed by atoms with Gasteiger partial charge >= 0.3 is 0 Å². The van der Waals surface area contributed by atoms with Gasteiger partial charge in [0.25, 0.3) is 0 Å². The summed E-state index contributed by atoms with van der Waals surface area (Å²) in [5, 5.41) is 2.26. The Bertz CT molecular complexity index is 863. The van der Waals surface area contributed by atoms with Crippen LogP contribution < -0.4 is 0 Å². The van der Waals surface area contributed by atoms with Gasteiger partial charge in [0.05, 0.1) is 0 Å². The van der Waals surface area contributed by atoms with Gasteiger partial charge in [-0.2, -0.15) is 0 Å². The number of hydrogen-bond acceptors (Lipinski definition) is 0. The monoisotopic (exact) mass is 360 g/mol. The molecule has 0 heterocycles. The normalized spacial score (nSPS) is 13.4. The maximum absolute atomic E-state index is 15.6. The number of unbranched alkanes of at least 4 members (excludes halogenated alkanes) is 1. The second kappa shape index (κ2) is 9.50. The summed E-state index contributed by atoms with van der Waals surface area (Å²) in [7, 11) is 0. The number of fused-ring (bicyclic) bond motifs is 1. The van der Waals surface area contributed by atoms with E-state index in [0.717, 1.165) is 54.0 Å². The first-order valence-electron chi connectivity index (χ1n) is 10.1. The summed E-state index contributed by atoms with van der Waals surface area (Å²) in [5.74, 6) is -0.0976. The molecule has 3 rings (SSSR count). The second-order valence-corrected chi connectivity index (χ2v) is 7.33. The summed E-state index contributed by atoms with van der Waals surface area (Å²) >= 11 is 0. The minimum Gasteiger partial charge on any atom is -0.242 e. The number of alkyl halides is 1. The Morgan fingerprint density at radius 3 is 2.33 bits per heavy atom. The van der Waals surface area contributed by atoms with Crippen molar-refractivity contribution in [1.82, 2.24) is 0 Å². The van der Waals surface area contributed by atoms with Crippen LogP contribution in [0.4, 0.5) is 4.39 Å². The van der Waals surface area contributed by atoms with Crippen LogP contribution in [-0.4, -0.2) is 0 Å². The van der Waals surface area contributed by atoms with Crippen molar-refractivity contribution in [2.45, 2.75) is 51.1 Å². The molecule has 0 saturated heterocycles. The van der Waals surface area contributed by atoms with E-state index in [0.29, 0.717) is 0 Å². The fraction of sp³-hybridized carbons (Fsp3) is 0.308. The van der Waals surface area contributed by atoms with Gasteiger partial charge in [0.2, 0.25) is 0 Å². The smallest absolute Gasteiger partial charge is 0.132 e. The summed E-state index contributed by atoms with van der Waals surface area (Å²) in [6, 6.07) is 22.7. The van der Waals surface area contributed by atoms with E-state index < -0.39 is 6.17 Å². The van der Waals surface area contributed by atoms with E-state index in [1.165, 1.54) is 5.56 Å². The molecule has 0 amide bonds. The Hall–Kier alpha value is -2.41. The highest BCUT2D eigenvalue weighted by atomic mass is 19.1. The zero-order valence-electron chi connectivity index (χ0n) is 16.2. The number of aryl methyl sites for hydroxylation is 1. The number of benzene rings is 3. The largest absolute Gasteiger partial charge is 0.242 e. The molecule has 0 spiro atoms. The fourth-order valence-electron chi connectivity index (χ4n) is 3.72. The Morgan fingerprint density at radius 1 is 0.926 bits per heavy atom. The van der Waals surface area contributed by atoms with Gasteiger partial charge in [-0.05, 0) is 52.8 Å². The molecule has 2 unspecified atom stereocenters. The van der Waals surface area contributed by atoms with Crippen molar-refractivity contribution in [3.63, 3.8) is 0 Å². The lowest BCUT2D eigenvalue weighted by Gasteiger charge is -2.22. The predicted octanol–water partition coefficient (Wildman–Crippen LogP) is 7.94. The van der Waals surface area contributed by atoms with Crippen LogP contribution in [0.2, 0.25) is 0 Å². The first kappa shape index (κ1) is 19.4. The van der Waals surface area contributed by atoms with Crippen LogP contribution in [0.3, 0.4) is 0 Å². The third-order valence-corrected chi connectivity index (χ3v) is 5.36. The summed E-state index contributed by atoms with van der Waals surface area (Å²) in [5.41, 5.74) is 3.17. The topological polar surface area (TPSA) is 0 Å². The highest BCUT2D eigenvalue weighted by Crippen LogP contribution is 2.39. The number of hydrogen-bond donors (Lipinski definition) is 0. The lowest BCUT2D eigenvalue weighted by Crippen LogP contribution is -2.08. The molecule has 0 aliphatic carbocycles. The highest BCUT2D eigenvalue weighted by molar-refractivity contribution is 5.83. The molecule has 0 N–H and O–H groups in total. The quantitative estimate of drug-likeness (QED) is 0.340. The standard InChI is InChI=1S/C26H29F/c1-3-5-9-20-13-15-22(16-14-20)25(12-6-4-2)26(27)24-18-17-21-10-7-8-11-23(21)19-24/h3,7-8,10-11,13-19,25-26H,1,4-6,9,12H2,2H3. The van der Waals surface area contributed by atoms with E-state index in [2.05, 4.69) is 49.9 Å². The zero-order valence-corrected chi connectivity index (χ0v) is 16.2. The third-order valence-electron chi connectivity index (χ3n) is 5.36. The van der Waals surface area contributed by atoms with E-state index in [1.807, 2.05) is 36.4 Å². The predicted molar refractivity (Wildman–Crippen MR) is 115 cm³/mol. The van der Waals surface area contributed by atoms with Gasteiger partial charge in [0.1, 0.15) is 6.17 Å². The first-order chi connectivity index (χ1) is 13.2. The Kier molecular flexibility index (Phi) is 6.81. The van der Waals surface area contributed by atoms with Crippen molar-refractivity contribution >= 4 is 10.8 Å². The Balaban J connectivity index is 1.86. The van der Waals surface area contributed by atoms with E-state index >= 15 is 4.39 Å². The number of allylic oxidation sites excluding steroid dienone is 1. The van der Waals surface area contributed by atoms with Crippen molar-refractivity contribution in [2.75, 3.05) is 0 Å². The molecular weight excluding hydrogens is 331 g/mol. The molecule has 0 fully saturated rings. The molecule has 3 aromatic carbocycles. The van der Waals surface area contributed by atoms with Crippen LogP contribution in [0.1, 0.15) is 61.4 Å². The van der Waals surface area contributed by atoms with Gasteiger partial charge in [-0.15, -0.1) is 6.58 Å². The molecule has 0 aliphatic heterocycles. The molecule has 140 valence electrons. The molecule has 2 atom stereocenters. The van der Waals surface area contributed by atoms with Crippen molar-refractivity contribution in [2.24, 2.45) is 0 Å². The van der Waals surface area contributed by atoms with Gasteiger partial charge in [-0.3, -0.25) is 0 Å². The summed E-state index contributed by atoms with van der Waals surface area (Å²) in [4.78, 5) is 0. The maximum Gasteiger partial charge on any atom is 0.132 e. The van der Waals surface area contributed by atoms with Crippen LogP contribution in [0.5, 0.6) is 0 Å². The summed E-state index contributed by atoms with van der Waals surface area (Å²) < 4.78 is 15.6. The molecule has 1 heteroatoms. The second-order valence-electron chi connectivity index (χ2n) is 7.33. The van der Waals surface area contributed by atoms with Gasteiger partial charge < -0.3 is 0 Å². The molecule has 0 nitrogen and oxygen atoms in total. The van der Waals surface area contributed by atoms with Crippen LogP contribution in [0.25, 0.3) is 10.8 Å². The molecule has 0 radical (unpaired) electrons. The first-order valence-corrected chi connectivity index (χ1v) is 10.1. The van der Waals surface area contributed by atoms with E-state index in [4.69, 9.17) is 0 Å². The zero-order chi connectivity index (χ0) is 19.1. The Morgan fingerprint density at radius 2 is 1.63 bits per heavy atom. The van der Waals surface area contributed by atoms with Gasteiger partial charge in [0, 0.05) is 5.92 Å². The fourth-order valence-corrected chi connectivity index (χ4v) is 3.72. The van der Waals surface area contributed by atoms with Crippen molar-refractivity contribution in [3.05, 3.63) is 96.1 Å². The summed E-state index contributed by atoms with van der Waals surface area (Å²) in [6.07, 6.45) is 5.91. The van der Waals surface area contributed by atoms with Crippen molar-refractivity contribution < 1.29 is 4.39 Å². The van der Waals surface area contributed by atoms with Gasteiger partial charge in [-0.1, -0.05) is 86.5 Å². The third kappa shape index (κ3) is 4.86. The highest BCUT2D eigenvalue weighted by Gasteiger charge is 2.24. The average molecular weight is 361 g/mol. The van der Waals surface area contributed by atoms with Crippen molar-refractivity contribution in [1.29, 1.82) is 0 Å². The maximum atomic E-state index is 15.6. The lowest BCUT2D eigenvalue weighted by molar-refractivity contribution is 0.274. The van der Waals surface area contributed by atoms with Crippen molar-refractivity contribution in [3.8, 4) is 0 Å².